The van der Waals surface area contributed by atoms with Crippen LogP contribution in [0.4, 0.5) is 18.9 Å². The quantitative estimate of drug-likeness (QED) is 0.351. The van der Waals surface area contributed by atoms with Crippen molar-refractivity contribution >= 4 is 40.9 Å². The van der Waals surface area contributed by atoms with Crippen molar-refractivity contribution in [2.75, 3.05) is 12.4 Å². The molecule has 0 aromatic heterocycles. The van der Waals surface area contributed by atoms with Gasteiger partial charge >= 0.3 is 6.18 Å². The number of alkyl halides is 3. The first-order chi connectivity index (χ1) is 15.7. The number of benzene rings is 3. The summed E-state index contributed by atoms with van der Waals surface area (Å²) < 4.78 is 50.0. The molecule has 4 nitrogen and oxygen atoms in total. The molecule has 0 aliphatic rings. The van der Waals surface area contributed by atoms with Gasteiger partial charge in [0, 0.05) is 16.8 Å². The highest BCUT2D eigenvalue weighted by molar-refractivity contribution is 6.31. The Morgan fingerprint density at radius 3 is 2.39 bits per heavy atom. The van der Waals surface area contributed by atoms with Crippen molar-refractivity contribution < 1.29 is 27.4 Å². The molecule has 33 heavy (non-hydrogen) atoms. The smallest absolute Gasteiger partial charge is 0.417 e. The lowest BCUT2D eigenvalue weighted by molar-refractivity contribution is -0.137. The fourth-order valence-electron chi connectivity index (χ4n) is 2.82. The van der Waals surface area contributed by atoms with E-state index in [-0.39, 0.29) is 5.69 Å². The van der Waals surface area contributed by atoms with E-state index in [1.54, 1.807) is 30.3 Å². The third-order valence-electron chi connectivity index (χ3n) is 4.46. The molecule has 0 radical (unpaired) electrons. The number of rotatable bonds is 7. The average molecular weight is 496 g/mol. The number of carbonyl (C=O) groups excluding carboxylic acids is 1. The molecular weight excluding hydrogens is 478 g/mol. The Morgan fingerprint density at radius 1 is 1.00 bits per heavy atom. The molecule has 0 atom stereocenters. The van der Waals surface area contributed by atoms with Crippen molar-refractivity contribution in [3.05, 3.63) is 93.5 Å². The minimum Gasteiger partial charge on any atom is -0.493 e. The number of halogens is 5. The highest BCUT2D eigenvalue weighted by Gasteiger charge is 2.33. The Labute approximate surface area is 198 Å². The van der Waals surface area contributed by atoms with Gasteiger partial charge in [-0.05, 0) is 59.7 Å². The first kappa shape index (κ1) is 24.5. The van der Waals surface area contributed by atoms with Gasteiger partial charge < -0.3 is 14.8 Å². The van der Waals surface area contributed by atoms with Crippen LogP contribution >= 0.6 is 23.2 Å². The summed E-state index contributed by atoms with van der Waals surface area (Å²) in [5.41, 5.74) is 0.515. The maximum atomic E-state index is 13.0. The molecule has 3 aromatic carbocycles. The van der Waals surface area contributed by atoms with Gasteiger partial charge in [0.25, 0.3) is 0 Å². The molecule has 1 N–H and O–H groups in total. The number of anilines is 1. The van der Waals surface area contributed by atoms with Crippen LogP contribution in [0, 0.1) is 0 Å². The molecule has 3 rings (SSSR count). The lowest BCUT2D eigenvalue weighted by Gasteiger charge is -2.12. The van der Waals surface area contributed by atoms with E-state index in [2.05, 4.69) is 5.32 Å². The van der Waals surface area contributed by atoms with Crippen molar-refractivity contribution in [2.24, 2.45) is 0 Å². The second-order valence-electron chi connectivity index (χ2n) is 6.84. The molecule has 0 unspecified atom stereocenters. The summed E-state index contributed by atoms with van der Waals surface area (Å²) >= 11 is 11.5. The van der Waals surface area contributed by atoms with Crippen molar-refractivity contribution in [1.82, 2.24) is 0 Å². The Kier molecular flexibility index (Phi) is 7.89. The first-order valence-electron chi connectivity index (χ1n) is 9.57. The fraction of sp³-hybridized carbons (Fsp3) is 0.125. The van der Waals surface area contributed by atoms with Crippen molar-refractivity contribution in [2.45, 2.75) is 12.8 Å². The zero-order valence-electron chi connectivity index (χ0n) is 17.2. The SMILES string of the molecule is COc1cc(/C=C/C(=O)Nc2ccc(Cl)c(C(F)(F)F)c2)ccc1OCc1ccc(Cl)cc1. The second kappa shape index (κ2) is 10.6. The summed E-state index contributed by atoms with van der Waals surface area (Å²) in [6, 6.07) is 15.5. The molecular formula is C24H18Cl2F3NO3. The summed E-state index contributed by atoms with van der Waals surface area (Å²) in [5.74, 6) is 0.362. The van der Waals surface area contributed by atoms with Crippen LogP contribution < -0.4 is 14.8 Å². The minimum atomic E-state index is -4.62. The average Bonchev–Trinajstić information content (AvgIpc) is 2.78. The predicted octanol–water partition coefficient (Wildman–Crippen LogP) is 7.25. The van der Waals surface area contributed by atoms with Crippen LogP contribution in [0.25, 0.3) is 6.08 Å². The summed E-state index contributed by atoms with van der Waals surface area (Å²) in [6.45, 7) is 0.312. The zero-order valence-corrected chi connectivity index (χ0v) is 18.8. The van der Waals surface area contributed by atoms with Crippen molar-refractivity contribution in [1.29, 1.82) is 0 Å². The molecule has 0 aliphatic carbocycles. The van der Waals surface area contributed by atoms with Crippen molar-refractivity contribution in [3.8, 4) is 11.5 Å². The van der Waals surface area contributed by atoms with Gasteiger partial charge in [0.1, 0.15) is 6.61 Å². The largest absolute Gasteiger partial charge is 0.493 e. The standard InChI is InChI=1S/C24H18Cl2F3NO3/c1-32-22-12-15(4-10-21(22)33-14-16-2-6-17(25)7-3-16)5-11-23(31)30-18-8-9-20(26)19(13-18)24(27,28)29/h2-13H,14H2,1H3,(H,30,31)/b11-5+. The molecule has 0 bridgehead atoms. The molecule has 172 valence electrons. The molecule has 0 spiro atoms. The summed E-state index contributed by atoms with van der Waals surface area (Å²) in [6.07, 6.45) is -1.92. The normalized spacial score (nSPS) is 11.5. The van der Waals surface area contributed by atoms with E-state index in [4.69, 9.17) is 32.7 Å². The van der Waals surface area contributed by atoms with Crippen LogP contribution in [0.1, 0.15) is 16.7 Å². The molecule has 0 heterocycles. The Bertz CT molecular complexity index is 1160. The number of ether oxygens (including phenoxy) is 2. The van der Waals surface area contributed by atoms with Gasteiger partial charge in [-0.15, -0.1) is 0 Å². The number of amides is 1. The van der Waals surface area contributed by atoms with Gasteiger partial charge in [-0.1, -0.05) is 41.4 Å². The van der Waals surface area contributed by atoms with Crippen LogP contribution in [-0.4, -0.2) is 13.0 Å². The van der Waals surface area contributed by atoms with E-state index >= 15 is 0 Å². The van der Waals surface area contributed by atoms with Crippen LogP contribution in [0.2, 0.25) is 10.0 Å². The topological polar surface area (TPSA) is 47.6 Å². The predicted molar refractivity (Wildman–Crippen MR) is 123 cm³/mol. The number of hydrogen-bond donors (Lipinski definition) is 1. The highest BCUT2D eigenvalue weighted by atomic mass is 35.5. The molecule has 9 heteroatoms. The van der Waals surface area contributed by atoms with Gasteiger partial charge in [0.15, 0.2) is 11.5 Å². The summed E-state index contributed by atoms with van der Waals surface area (Å²) in [7, 11) is 1.49. The van der Waals surface area contributed by atoms with Gasteiger partial charge in [-0.2, -0.15) is 13.2 Å². The summed E-state index contributed by atoms with van der Waals surface area (Å²) in [4.78, 5) is 12.2. The van der Waals surface area contributed by atoms with Gasteiger partial charge in [-0.3, -0.25) is 4.79 Å². The maximum absolute atomic E-state index is 13.0. The molecule has 3 aromatic rings. The number of hydrogen-bond acceptors (Lipinski definition) is 3. The highest BCUT2D eigenvalue weighted by Crippen LogP contribution is 2.36. The molecule has 0 aliphatic heterocycles. The number of nitrogens with one attached hydrogen (secondary N) is 1. The second-order valence-corrected chi connectivity index (χ2v) is 7.68. The van der Waals surface area contributed by atoms with Gasteiger partial charge in [0.2, 0.25) is 5.91 Å². The van der Waals surface area contributed by atoms with E-state index in [1.165, 1.54) is 25.3 Å². The van der Waals surface area contributed by atoms with E-state index in [9.17, 15) is 18.0 Å². The van der Waals surface area contributed by atoms with Gasteiger partial charge in [-0.25, -0.2) is 0 Å². The van der Waals surface area contributed by atoms with Gasteiger partial charge in [0.05, 0.1) is 17.7 Å². The van der Waals surface area contributed by atoms with E-state index < -0.39 is 22.7 Å². The van der Waals surface area contributed by atoms with E-state index in [0.29, 0.717) is 28.7 Å². The Hall–Kier alpha value is -3.16. The maximum Gasteiger partial charge on any atom is 0.417 e. The van der Waals surface area contributed by atoms with Crippen LogP contribution in [0.15, 0.2) is 66.7 Å². The third kappa shape index (κ3) is 6.91. The lowest BCUT2D eigenvalue weighted by atomic mass is 10.1. The Balaban J connectivity index is 1.66. The van der Waals surface area contributed by atoms with Crippen LogP contribution in [-0.2, 0) is 17.6 Å². The zero-order chi connectivity index (χ0) is 24.0. The molecule has 0 saturated heterocycles. The summed E-state index contributed by atoms with van der Waals surface area (Å²) in [5, 5.41) is 2.57. The number of carbonyl (C=O) groups is 1. The number of methoxy groups -OCH3 is 1. The first-order valence-corrected chi connectivity index (χ1v) is 10.3. The molecule has 0 saturated carbocycles. The molecule has 1 amide bonds. The van der Waals surface area contributed by atoms with E-state index in [0.717, 1.165) is 17.7 Å². The minimum absolute atomic E-state index is 0.0232. The third-order valence-corrected chi connectivity index (χ3v) is 5.04. The van der Waals surface area contributed by atoms with E-state index in [1.807, 2.05) is 12.1 Å². The van der Waals surface area contributed by atoms with Crippen molar-refractivity contribution in [3.63, 3.8) is 0 Å². The fourth-order valence-corrected chi connectivity index (χ4v) is 3.18. The van der Waals surface area contributed by atoms with Crippen LogP contribution in [0.5, 0.6) is 11.5 Å². The monoisotopic (exact) mass is 495 g/mol. The Morgan fingerprint density at radius 2 is 1.73 bits per heavy atom. The van der Waals surface area contributed by atoms with Crippen LogP contribution in [0.3, 0.4) is 0 Å². The lowest BCUT2D eigenvalue weighted by Crippen LogP contribution is -2.11. The molecule has 0 fully saturated rings.